The SMILES string of the molecule is OC[C@H]1CCCN(c2ccnc(Cl)n2)C1. The first-order valence-electron chi connectivity index (χ1n) is 5.14. The van der Waals surface area contributed by atoms with Gasteiger partial charge >= 0.3 is 0 Å². The third-order valence-corrected chi connectivity index (χ3v) is 2.89. The van der Waals surface area contributed by atoms with Gasteiger partial charge in [0, 0.05) is 25.9 Å². The number of aromatic nitrogens is 2. The third kappa shape index (κ3) is 2.58. The third-order valence-electron chi connectivity index (χ3n) is 2.71. The minimum absolute atomic E-state index is 0.245. The van der Waals surface area contributed by atoms with E-state index in [9.17, 15) is 0 Å². The van der Waals surface area contributed by atoms with E-state index < -0.39 is 0 Å². The lowest BCUT2D eigenvalue weighted by Gasteiger charge is -2.32. The Morgan fingerprint density at radius 2 is 2.47 bits per heavy atom. The van der Waals surface area contributed by atoms with Gasteiger partial charge in [-0.3, -0.25) is 0 Å². The molecule has 0 amide bonds. The highest BCUT2D eigenvalue weighted by atomic mass is 35.5. The molecule has 0 bridgehead atoms. The Kier molecular flexibility index (Phi) is 3.38. The molecule has 1 fully saturated rings. The van der Waals surface area contributed by atoms with E-state index in [2.05, 4.69) is 14.9 Å². The van der Waals surface area contributed by atoms with Crippen molar-refractivity contribution < 1.29 is 5.11 Å². The number of aliphatic hydroxyl groups is 1. The molecule has 1 saturated heterocycles. The fraction of sp³-hybridized carbons (Fsp3) is 0.600. The van der Waals surface area contributed by atoms with E-state index >= 15 is 0 Å². The van der Waals surface area contributed by atoms with Gasteiger partial charge in [-0.1, -0.05) is 0 Å². The van der Waals surface area contributed by atoms with Gasteiger partial charge in [-0.05, 0) is 36.4 Å². The number of anilines is 1. The molecule has 2 heterocycles. The van der Waals surface area contributed by atoms with Crippen LogP contribution in [0.2, 0.25) is 5.28 Å². The van der Waals surface area contributed by atoms with Crippen LogP contribution in [0, 0.1) is 5.92 Å². The molecule has 1 aromatic heterocycles. The largest absolute Gasteiger partial charge is 0.396 e. The molecule has 0 spiro atoms. The van der Waals surface area contributed by atoms with Crippen molar-refractivity contribution in [2.24, 2.45) is 5.92 Å². The van der Waals surface area contributed by atoms with Crippen molar-refractivity contribution in [1.29, 1.82) is 0 Å². The van der Waals surface area contributed by atoms with Crippen LogP contribution in [0.1, 0.15) is 12.8 Å². The van der Waals surface area contributed by atoms with Gasteiger partial charge in [-0.15, -0.1) is 0 Å². The van der Waals surface area contributed by atoms with Crippen LogP contribution in [-0.4, -0.2) is 34.8 Å². The average Bonchev–Trinajstić information content (AvgIpc) is 2.29. The molecule has 1 aromatic rings. The molecule has 1 aliphatic heterocycles. The van der Waals surface area contributed by atoms with Gasteiger partial charge in [0.25, 0.3) is 0 Å². The quantitative estimate of drug-likeness (QED) is 0.775. The summed E-state index contributed by atoms with van der Waals surface area (Å²) < 4.78 is 0. The van der Waals surface area contributed by atoms with Crippen LogP contribution < -0.4 is 4.90 Å². The van der Waals surface area contributed by atoms with E-state index in [0.29, 0.717) is 5.92 Å². The van der Waals surface area contributed by atoms with Crippen molar-refractivity contribution in [3.8, 4) is 0 Å². The van der Waals surface area contributed by atoms with Gasteiger partial charge in [0.1, 0.15) is 5.82 Å². The predicted molar refractivity (Wildman–Crippen MR) is 59.1 cm³/mol. The van der Waals surface area contributed by atoms with E-state index in [0.717, 1.165) is 31.7 Å². The lowest BCUT2D eigenvalue weighted by molar-refractivity contribution is 0.208. The highest BCUT2D eigenvalue weighted by Gasteiger charge is 2.20. The van der Waals surface area contributed by atoms with Gasteiger partial charge in [0.2, 0.25) is 5.28 Å². The molecule has 0 radical (unpaired) electrons. The highest BCUT2D eigenvalue weighted by Crippen LogP contribution is 2.21. The second-order valence-electron chi connectivity index (χ2n) is 3.82. The van der Waals surface area contributed by atoms with E-state index in [1.807, 2.05) is 6.07 Å². The Bertz CT molecular complexity index is 334. The van der Waals surface area contributed by atoms with Crippen molar-refractivity contribution in [1.82, 2.24) is 9.97 Å². The molecule has 2 rings (SSSR count). The number of aliphatic hydroxyl groups excluding tert-OH is 1. The summed E-state index contributed by atoms with van der Waals surface area (Å²) in [5, 5.41) is 9.40. The lowest BCUT2D eigenvalue weighted by atomic mass is 9.99. The van der Waals surface area contributed by atoms with E-state index in [4.69, 9.17) is 16.7 Å². The van der Waals surface area contributed by atoms with Crippen LogP contribution in [0.4, 0.5) is 5.82 Å². The van der Waals surface area contributed by atoms with Crippen LogP contribution in [0.5, 0.6) is 0 Å². The zero-order valence-corrected chi connectivity index (χ0v) is 9.19. The smallest absolute Gasteiger partial charge is 0.224 e. The van der Waals surface area contributed by atoms with Crippen LogP contribution in [-0.2, 0) is 0 Å². The molecule has 0 unspecified atom stereocenters. The molecule has 1 aliphatic rings. The monoisotopic (exact) mass is 227 g/mol. The summed E-state index contributed by atoms with van der Waals surface area (Å²) in [7, 11) is 0. The van der Waals surface area contributed by atoms with Crippen molar-refractivity contribution in [3.05, 3.63) is 17.5 Å². The summed E-state index contributed by atoms with van der Waals surface area (Å²) in [5.41, 5.74) is 0. The molecule has 0 saturated carbocycles. The van der Waals surface area contributed by atoms with Crippen molar-refractivity contribution in [2.45, 2.75) is 12.8 Å². The maximum absolute atomic E-state index is 9.12. The van der Waals surface area contributed by atoms with Crippen LogP contribution in [0.25, 0.3) is 0 Å². The first-order valence-corrected chi connectivity index (χ1v) is 5.52. The Morgan fingerprint density at radius 3 is 3.20 bits per heavy atom. The van der Waals surface area contributed by atoms with Crippen molar-refractivity contribution in [3.63, 3.8) is 0 Å². The second-order valence-corrected chi connectivity index (χ2v) is 4.16. The molecule has 1 N–H and O–H groups in total. The fourth-order valence-electron chi connectivity index (χ4n) is 1.92. The van der Waals surface area contributed by atoms with Gasteiger partial charge in [-0.25, -0.2) is 9.97 Å². The first-order chi connectivity index (χ1) is 7.29. The predicted octanol–water partition coefficient (Wildman–Crippen LogP) is 1.34. The van der Waals surface area contributed by atoms with E-state index in [1.54, 1.807) is 6.20 Å². The van der Waals surface area contributed by atoms with Crippen molar-refractivity contribution in [2.75, 3.05) is 24.6 Å². The molecular weight excluding hydrogens is 214 g/mol. The first kappa shape index (κ1) is 10.6. The molecule has 0 aromatic carbocycles. The van der Waals surface area contributed by atoms with Crippen LogP contribution >= 0.6 is 11.6 Å². The van der Waals surface area contributed by atoms with Gasteiger partial charge < -0.3 is 10.0 Å². The minimum atomic E-state index is 0.245. The summed E-state index contributed by atoms with van der Waals surface area (Å²) in [5.74, 6) is 1.21. The Labute approximate surface area is 93.9 Å². The molecule has 15 heavy (non-hydrogen) atoms. The van der Waals surface area contributed by atoms with E-state index in [-0.39, 0.29) is 11.9 Å². The number of halogens is 1. The van der Waals surface area contributed by atoms with Crippen LogP contribution in [0.15, 0.2) is 12.3 Å². The summed E-state index contributed by atoms with van der Waals surface area (Å²) in [6.45, 7) is 2.07. The molecule has 1 atom stereocenters. The number of piperidine rings is 1. The molecule has 82 valence electrons. The standard InChI is InChI=1S/C10H14ClN3O/c11-10-12-4-3-9(13-10)14-5-1-2-8(6-14)7-15/h3-4,8,15H,1-2,5-7H2/t8-/m0/s1. The minimum Gasteiger partial charge on any atom is -0.396 e. The van der Waals surface area contributed by atoms with Gasteiger partial charge in [0.05, 0.1) is 0 Å². The maximum Gasteiger partial charge on any atom is 0.224 e. The van der Waals surface area contributed by atoms with Gasteiger partial charge in [0.15, 0.2) is 0 Å². The summed E-state index contributed by atoms with van der Waals surface area (Å²) >= 11 is 5.74. The molecule has 0 aliphatic carbocycles. The average molecular weight is 228 g/mol. The Morgan fingerprint density at radius 1 is 1.60 bits per heavy atom. The number of rotatable bonds is 2. The summed E-state index contributed by atoms with van der Waals surface area (Å²) in [6, 6.07) is 1.85. The molecule has 4 nitrogen and oxygen atoms in total. The van der Waals surface area contributed by atoms with Gasteiger partial charge in [-0.2, -0.15) is 0 Å². The number of nitrogens with zero attached hydrogens (tertiary/aromatic N) is 3. The zero-order chi connectivity index (χ0) is 10.7. The topological polar surface area (TPSA) is 49.2 Å². The number of hydrogen-bond donors (Lipinski definition) is 1. The lowest BCUT2D eigenvalue weighted by Crippen LogP contribution is -2.37. The summed E-state index contributed by atoms with van der Waals surface area (Å²) in [6.07, 6.45) is 3.84. The fourth-order valence-corrected chi connectivity index (χ4v) is 2.07. The Hall–Kier alpha value is -0.870. The van der Waals surface area contributed by atoms with Crippen LogP contribution in [0.3, 0.4) is 0 Å². The Balaban J connectivity index is 2.09. The maximum atomic E-state index is 9.12. The zero-order valence-electron chi connectivity index (χ0n) is 8.43. The second kappa shape index (κ2) is 4.77. The van der Waals surface area contributed by atoms with Crippen molar-refractivity contribution >= 4 is 17.4 Å². The highest BCUT2D eigenvalue weighted by molar-refractivity contribution is 6.28. The normalized spacial score (nSPS) is 21.7. The molecule has 5 heteroatoms. The summed E-state index contributed by atoms with van der Waals surface area (Å²) in [4.78, 5) is 10.2. The molecular formula is C10H14ClN3O. The number of hydrogen-bond acceptors (Lipinski definition) is 4. The van der Waals surface area contributed by atoms with E-state index in [1.165, 1.54) is 0 Å².